The van der Waals surface area contributed by atoms with E-state index < -0.39 is 0 Å². The predicted octanol–water partition coefficient (Wildman–Crippen LogP) is 4.00. The Labute approximate surface area is 200 Å². The highest BCUT2D eigenvalue weighted by atomic mass is 16.5. The molecule has 0 bridgehead atoms. The van der Waals surface area contributed by atoms with Crippen LogP contribution in [0.3, 0.4) is 0 Å². The van der Waals surface area contributed by atoms with E-state index in [0.717, 1.165) is 35.9 Å². The Morgan fingerprint density at radius 3 is 2.76 bits per heavy atom. The number of aromatic nitrogens is 3. The van der Waals surface area contributed by atoms with E-state index in [9.17, 15) is 4.79 Å². The van der Waals surface area contributed by atoms with Crippen LogP contribution in [0.5, 0.6) is 11.5 Å². The first-order valence-electron chi connectivity index (χ1n) is 11.5. The number of piperidine rings is 1. The minimum Gasteiger partial charge on any atom is -0.493 e. The van der Waals surface area contributed by atoms with Gasteiger partial charge in [0.25, 0.3) is 5.91 Å². The van der Waals surface area contributed by atoms with Gasteiger partial charge >= 0.3 is 0 Å². The zero-order chi connectivity index (χ0) is 24.1. The van der Waals surface area contributed by atoms with E-state index in [1.54, 1.807) is 31.5 Å². The molecular formula is C26H31N5O3. The molecular weight excluding hydrogens is 430 g/mol. The number of anilines is 1. The number of methoxy groups -OCH3 is 1. The maximum absolute atomic E-state index is 13.4. The van der Waals surface area contributed by atoms with Gasteiger partial charge in [0.2, 0.25) is 0 Å². The van der Waals surface area contributed by atoms with Crippen LogP contribution in [0.15, 0.2) is 48.7 Å². The maximum Gasteiger partial charge on any atom is 0.254 e. The first-order chi connectivity index (χ1) is 16.4. The van der Waals surface area contributed by atoms with Crippen molar-refractivity contribution in [1.29, 1.82) is 0 Å². The van der Waals surface area contributed by atoms with Gasteiger partial charge in [-0.25, -0.2) is 9.97 Å². The molecule has 3 aromatic rings. The van der Waals surface area contributed by atoms with E-state index in [1.165, 1.54) is 0 Å². The molecule has 1 amide bonds. The van der Waals surface area contributed by atoms with E-state index in [4.69, 9.17) is 14.5 Å². The number of carbonyl (C=O) groups is 1. The average Bonchev–Trinajstić information content (AvgIpc) is 2.87. The summed E-state index contributed by atoms with van der Waals surface area (Å²) in [6.07, 6.45) is 3.59. The number of pyridine rings is 1. The number of hydrogen-bond donors (Lipinski definition) is 1. The molecule has 3 heterocycles. The molecule has 8 heteroatoms. The highest BCUT2D eigenvalue weighted by Gasteiger charge is 2.36. The van der Waals surface area contributed by atoms with Crippen molar-refractivity contribution >= 4 is 11.7 Å². The smallest absolute Gasteiger partial charge is 0.254 e. The first-order valence-corrected chi connectivity index (χ1v) is 11.5. The fourth-order valence-corrected chi connectivity index (χ4v) is 4.36. The lowest BCUT2D eigenvalue weighted by Crippen LogP contribution is -2.47. The second-order valence-corrected chi connectivity index (χ2v) is 8.80. The fourth-order valence-electron chi connectivity index (χ4n) is 4.36. The number of benzene rings is 1. The lowest BCUT2D eigenvalue weighted by molar-refractivity contribution is 0.0647. The molecule has 1 fully saturated rings. The van der Waals surface area contributed by atoms with Gasteiger partial charge in [-0.3, -0.25) is 9.78 Å². The highest BCUT2D eigenvalue weighted by molar-refractivity contribution is 5.95. The fraction of sp³-hybridized carbons (Fsp3) is 0.385. The van der Waals surface area contributed by atoms with Crippen molar-refractivity contribution in [2.24, 2.45) is 0 Å². The molecule has 2 aromatic heterocycles. The Morgan fingerprint density at radius 1 is 1.18 bits per heavy atom. The van der Waals surface area contributed by atoms with Crippen molar-refractivity contribution in [3.05, 3.63) is 71.4 Å². The second kappa shape index (κ2) is 10.1. The monoisotopic (exact) mass is 461 g/mol. The molecule has 0 aliphatic carbocycles. The van der Waals surface area contributed by atoms with E-state index in [1.807, 2.05) is 43.1 Å². The van der Waals surface area contributed by atoms with Crippen molar-refractivity contribution in [3.8, 4) is 11.5 Å². The molecule has 1 aliphatic heterocycles. The third-order valence-electron chi connectivity index (χ3n) is 6.21. The van der Waals surface area contributed by atoms with Crippen LogP contribution in [-0.4, -0.2) is 53.0 Å². The summed E-state index contributed by atoms with van der Waals surface area (Å²) in [6, 6.07) is 13.0. The molecule has 1 aromatic carbocycles. The molecule has 1 atom stereocenters. The van der Waals surface area contributed by atoms with Gasteiger partial charge in [-0.2, -0.15) is 0 Å². The van der Waals surface area contributed by atoms with Crippen molar-refractivity contribution in [2.75, 3.05) is 32.6 Å². The summed E-state index contributed by atoms with van der Waals surface area (Å²) in [7, 11) is 3.42. The van der Waals surface area contributed by atoms with E-state index in [2.05, 4.69) is 22.2 Å². The number of nitrogens with zero attached hydrogens (tertiary/aromatic N) is 4. The Balaban J connectivity index is 1.51. The van der Waals surface area contributed by atoms with Gasteiger partial charge in [-0.15, -0.1) is 0 Å². The molecule has 0 saturated carbocycles. The van der Waals surface area contributed by atoms with Crippen LogP contribution in [0.4, 0.5) is 5.82 Å². The highest BCUT2D eigenvalue weighted by Crippen LogP contribution is 2.35. The van der Waals surface area contributed by atoms with Crippen LogP contribution in [0, 0.1) is 6.92 Å². The SMILES string of the molecule is CNc1cc([C@@]2(C)CCCN(C(=O)c3ccc(OCc4ccccn4)c(OC)c3)C2)nc(C)n1. The normalized spacial score (nSPS) is 17.8. The van der Waals surface area contributed by atoms with Crippen LogP contribution < -0.4 is 14.8 Å². The molecule has 0 spiro atoms. The molecule has 0 unspecified atom stereocenters. The third-order valence-corrected chi connectivity index (χ3v) is 6.21. The summed E-state index contributed by atoms with van der Waals surface area (Å²) in [5.74, 6) is 2.58. The lowest BCUT2D eigenvalue weighted by Gasteiger charge is -2.40. The molecule has 178 valence electrons. The first kappa shape index (κ1) is 23.5. The summed E-state index contributed by atoms with van der Waals surface area (Å²) in [5.41, 5.74) is 2.10. The Bertz CT molecular complexity index is 1150. The van der Waals surface area contributed by atoms with Gasteiger partial charge in [0, 0.05) is 43.4 Å². The minimum atomic E-state index is -0.247. The van der Waals surface area contributed by atoms with Gasteiger partial charge in [0.05, 0.1) is 18.5 Å². The lowest BCUT2D eigenvalue weighted by atomic mass is 9.78. The predicted molar refractivity (Wildman–Crippen MR) is 130 cm³/mol. The average molecular weight is 462 g/mol. The summed E-state index contributed by atoms with van der Waals surface area (Å²) in [6.45, 7) is 5.68. The number of amides is 1. The number of likely N-dealkylation sites (tertiary alicyclic amines) is 1. The van der Waals surface area contributed by atoms with Crippen LogP contribution in [-0.2, 0) is 12.0 Å². The Kier molecular flexibility index (Phi) is 6.95. The number of hydrogen-bond acceptors (Lipinski definition) is 7. The quantitative estimate of drug-likeness (QED) is 0.569. The van der Waals surface area contributed by atoms with E-state index in [-0.39, 0.29) is 11.3 Å². The van der Waals surface area contributed by atoms with E-state index in [0.29, 0.717) is 36.8 Å². The molecule has 1 aliphatic rings. The van der Waals surface area contributed by atoms with Gasteiger partial charge < -0.3 is 19.7 Å². The van der Waals surface area contributed by atoms with Crippen molar-refractivity contribution < 1.29 is 14.3 Å². The standard InChI is InChI=1S/C26H31N5O3/c1-18-29-23(15-24(27-3)30-18)26(2)11-7-13-31(17-26)25(32)19-9-10-21(22(14-19)33-4)34-16-20-8-5-6-12-28-20/h5-6,8-10,12,14-15H,7,11,13,16-17H2,1-4H3,(H,27,29,30)/t26-/m0/s1. The van der Waals surface area contributed by atoms with Gasteiger partial charge in [-0.1, -0.05) is 13.0 Å². The number of aryl methyl sites for hydroxylation is 1. The molecule has 34 heavy (non-hydrogen) atoms. The van der Waals surface area contributed by atoms with Crippen molar-refractivity contribution in [3.63, 3.8) is 0 Å². The summed E-state index contributed by atoms with van der Waals surface area (Å²) >= 11 is 0. The zero-order valence-electron chi connectivity index (χ0n) is 20.2. The molecule has 4 rings (SSSR count). The minimum absolute atomic E-state index is 0.0277. The van der Waals surface area contributed by atoms with Crippen LogP contribution >= 0.6 is 0 Å². The van der Waals surface area contributed by atoms with Crippen molar-refractivity contribution in [2.45, 2.75) is 38.7 Å². The second-order valence-electron chi connectivity index (χ2n) is 8.80. The number of rotatable bonds is 7. The number of carbonyl (C=O) groups excluding carboxylic acids is 1. The topological polar surface area (TPSA) is 89.5 Å². The van der Waals surface area contributed by atoms with Gasteiger partial charge in [0.1, 0.15) is 18.2 Å². The summed E-state index contributed by atoms with van der Waals surface area (Å²) < 4.78 is 11.4. The van der Waals surface area contributed by atoms with Crippen LogP contribution in [0.2, 0.25) is 0 Å². The number of ether oxygens (including phenoxy) is 2. The maximum atomic E-state index is 13.4. The van der Waals surface area contributed by atoms with E-state index >= 15 is 0 Å². The molecule has 8 nitrogen and oxygen atoms in total. The Hall–Kier alpha value is -3.68. The molecule has 1 saturated heterocycles. The zero-order valence-corrected chi connectivity index (χ0v) is 20.2. The van der Waals surface area contributed by atoms with Crippen LogP contribution in [0.25, 0.3) is 0 Å². The van der Waals surface area contributed by atoms with Crippen molar-refractivity contribution in [1.82, 2.24) is 19.9 Å². The van der Waals surface area contributed by atoms with Gasteiger partial charge in [-0.05, 0) is 50.1 Å². The molecule has 0 radical (unpaired) electrons. The Morgan fingerprint density at radius 2 is 2.03 bits per heavy atom. The largest absolute Gasteiger partial charge is 0.493 e. The summed E-state index contributed by atoms with van der Waals surface area (Å²) in [4.78, 5) is 28.7. The molecule has 1 N–H and O–H groups in total. The van der Waals surface area contributed by atoms with Gasteiger partial charge in [0.15, 0.2) is 11.5 Å². The number of nitrogens with one attached hydrogen (secondary N) is 1. The van der Waals surface area contributed by atoms with Crippen LogP contribution in [0.1, 0.15) is 47.3 Å². The summed E-state index contributed by atoms with van der Waals surface area (Å²) in [5, 5.41) is 3.10. The third kappa shape index (κ3) is 5.11.